The summed E-state index contributed by atoms with van der Waals surface area (Å²) in [5.74, 6) is 0.608. The quantitative estimate of drug-likeness (QED) is 0.0694. The van der Waals surface area contributed by atoms with Crippen molar-refractivity contribution in [3.05, 3.63) is 182 Å². The Labute approximate surface area is 620 Å². The molecule has 492 valence electrons. The maximum atomic E-state index is 11.9. The van der Waals surface area contributed by atoms with Gasteiger partial charge in [0, 0.05) is 6.10 Å². The minimum atomic E-state index is -1.99. The van der Waals surface area contributed by atoms with Gasteiger partial charge in [0.2, 0.25) is 25.2 Å². The molecular formula is C54H102Na5O25-19. The zero-order valence-electron chi connectivity index (χ0n) is 54.7. The largest absolute Gasteiger partial charge is 1.00 e. The Morgan fingerprint density at radius 2 is 0.512 bits per heavy atom. The van der Waals surface area contributed by atoms with Gasteiger partial charge in [0.15, 0.2) is 0 Å². The van der Waals surface area contributed by atoms with Gasteiger partial charge in [-0.1, -0.05) is 6.10 Å². The molecule has 20 atom stereocenters. The van der Waals surface area contributed by atoms with Gasteiger partial charge < -0.3 is 259 Å². The molecule has 12 N–H and O–H groups in total. The van der Waals surface area contributed by atoms with Gasteiger partial charge in [0.25, 0.3) is 0 Å². The first-order valence-electron chi connectivity index (χ1n) is 18.5. The zero-order chi connectivity index (χ0) is 44.0. The van der Waals surface area contributed by atoms with Crippen molar-refractivity contribution in [2.24, 2.45) is 0 Å². The standard InChI is InChI=1S/C18H26O12.C18H21O12.18CH3.5Na.H2O/c2*19-5-9-11(21)13(23)15(25)17(29-9)27-7-1-2-8(4-3-7)28-18-16(26)14(24)12(22)10(6-20)30-18;;;;;;;;;;;;;;;;;;;;;;;;/h1-4,9-26H,5-6H2;1-4,9-18,21,25-26H,5-6H2;18*1H3;;;;;;1H2/q;-5;18*-1;5*+1;/p-1. The van der Waals surface area contributed by atoms with E-state index in [2.05, 4.69) is 0 Å². The molecule has 30 heteroatoms. The first-order chi connectivity index (χ1) is 28.5. The molecule has 4 heterocycles. The van der Waals surface area contributed by atoms with Gasteiger partial charge in [-0.3, -0.25) is 0 Å². The second-order valence-electron chi connectivity index (χ2n) is 14.1. The molecule has 4 aliphatic heterocycles. The number of rotatable bonds is 12. The van der Waals surface area contributed by atoms with Crippen molar-refractivity contribution in [1.82, 2.24) is 0 Å². The SMILES string of the molecule is OCC1OC(Oc2ccc(OC3OC(CO)C(O)C(O)C3O)cc2)C(O)C(O)C1O.[CH3-].[CH3-].[CH3-].[CH3-].[CH3-].[CH3-].[CH3-].[CH3-].[CH3-].[CH3-].[CH3-].[CH3-].[CH3-].[CH3-].[CH3-].[CH3-].[CH3-].[CH3-].[Na+].[Na+].[Na+].[Na+].[Na+].[O-]CC1OC(Oc2ccc(OC3OC(C[O-])C(O)C([O-])C3O)cc2)C(O)C([O-])C1[O-].[OH-]. The fraction of sp³-hybridized carbons (Fsp3) is 0.444. The van der Waals surface area contributed by atoms with Crippen LogP contribution in [0.3, 0.4) is 0 Å². The summed E-state index contributed by atoms with van der Waals surface area (Å²) in [7, 11) is 0. The van der Waals surface area contributed by atoms with Crippen LogP contribution in [0, 0.1) is 134 Å². The maximum absolute atomic E-state index is 11.9. The molecular weight excluding hydrogens is 1160 g/mol. The van der Waals surface area contributed by atoms with E-state index >= 15 is 0 Å². The Morgan fingerprint density at radius 3 is 0.750 bits per heavy atom. The van der Waals surface area contributed by atoms with Crippen LogP contribution in [0.2, 0.25) is 0 Å². The van der Waals surface area contributed by atoms with Gasteiger partial charge >= 0.3 is 148 Å². The Balaban J connectivity index is -0.0000000421. The fourth-order valence-corrected chi connectivity index (χ4v) is 6.32. The van der Waals surface area contributed by atoms with E-state index in [1.54, 1.807) is 0 Å². The summed E-state index contributed by atoms with van der Waals surface area (Å²) in [5.41, 5.74) is 0. The average molecular weight is 1270 g/mol. The molecule has 0 radical (unpaired) electrons. The van der Waals surface area contributed by atoms with E-state index in [4.69, 9.17) is 37.9 Å². The summed E-state index contributed by atoms with van der Waals surface area (Å²) in [4.78, 5) is 0. The van der Waals surface area contributed by atoms with Gasteiger partial charge in [0.05, 0.1) is 25.4 Å². The van der Waals surface area contributed by atoms with Crippen LogP contribution >= 0.6 is 0 Å². The molecule has 0 spiro atoms. The zero-order valence-corrected chi connectivity index (χ0v) is 64.7. The van der Waals surface area contributed by atoms with Gasteiger partial charge in [-0.2, -0.15) is 0 Å². The van der Waals surface area contributed by atoms with E-state index in [1.165, 1.54) is 48.5 Å². The molecule has 4 saturated heterocycles. The maximum Gasteiger partial charge on any atom is 1.00 e. The van der Waals surface area contributed by atoms with Crippen LogP contribution in [0.1, 0.15) is 0 Å². The van der Waals surface area contributed by atoms with Crippen molar-refractivity contribution in [3.8, 4) is 23.0 Å². The molecule has 20 unspecified atom stereocenters. The first-order valence-corrected chi connectivity index (χ1v) is 18.5. The van der Waals surface area contributed by atoms with Crippen molar-refractivity contribution in [2.45, 2.75) is 123 Å². The summed E-state index contributed by atoms with van der Waals surface area (Å²) in [6.07, 6.45) is -30.9. The van der Waals surface area contributed by atoms with Crippen molar-refractivity contribution >= 4 is 0 Å². The van der Waals surface area contributed by atoms with Gasteiger partial charge in [-0.15, -0.1) is 25.4 Å². The molecule has 0 aliphatic carbocycles. The molecule has 0 aromatic heterocycles. The Hall–Kier alpha value is 1.80. The molecule has 25 nitrogen and oxygen atoms in total. The predicted molar refractivity (Wildman–Crippen MR) is 297 cm³/mol. The smallest absolute Gasteiger partial charge is 0.870 e. The molecule has 6 rings (SSSR count). The number of benzene rings is 2. The third-order valence-corrected chi connectivity index (χ3v) is 9.94. The molecule has 0 saturated carbocycles. The van der Waals surface area contributed by atoms with Gasteiger partial charge in [-0.25, -0.2) is 0 Å². The Morgan fingerprint density at radius 1 is 0.298 bits per heavy atom. The number of hydrogen-bond donors (Lipinski definition) is 11. The molecule has 4 aliphatic rings. The average Bonchev–Trinajstić information content (AvgIpc) is 3.25. The van der Waals surface area contributed by atoms with Crippen molar-refractivity contribution in [2.75, 3.05) is 26.4 Å². The predicted octanol–water partition coefficient (Wildman–Crippen LogP) is -18.1. The molecule has 0 amide bonds. The second-order valence-corrected chi connectivity index (χ2v) is 14.1. The number of aliphatic hydroxyl groups excluding tert-OH is 11. The van der Waals surface area contributed by atoms with Crippen LogP contribution in [-0.2, 0) is 18.9 Å². The Kier molecular flexibility index (Phi) is 115. The first kappa shape index (κ1) is 143. The van der Waals surface area contributed by atoms with Crippen LogP contribution in [0.5, 0.6) is 23.0 Å². The summed E-state index contributed by atoms with van der Waals surface area (Å²) < 4.78 is 42.3. The topological polar surface area (TPSA) is 442 Å². The molecule has 2 aromatic carbocycles. The third kappa shape index (κ3) is 36.3. The van der Waals surface area contributed by atoms with Crippen molar-refractivity contribution in [1.29, 1.82) is 0 Å². The van der Waals surface area contributed by atoms with E-state index in [0.29, 0.717) is 0 Å². The number of aliphatic hydroxyl groups is 11. The minimum Gasteiger partial charge on any atom is -0.870 e. The van der Waals surface area contributed by atoms with E-state index in [9.17, 15) is 81.7 Å². The van der Waals surface area contributed by atoms with Gasteiger partial charge in [0.1, 0.15) is 84.0 Å². The Bertz CT molecular complexity index is 1380. The molecule has 84 heavy (non-hydrogen) atoms. The molecule has 0 bridgehead atoms. The molecule has 2 aromatic rings. The van der Waals surface area contributed by atoms with E-state index in [-0.39, 0.29) is 310 Å². The number of hydrogen-bond acceptors (Lipinski definition) is 25. The summed E-state index contributed by atoms with van der Waals surface area (Å²) >= 11 is 0. The molecule has 4 fully saturated rings. The number of ether oxygens (including phenoxy) is 8. The van der Waals surface area contributed by atoms with Crippen LogP contribution in [0.4, 0.5) is 0 Å². The van der Waals surface area contributed by atoms with Crippen LogP contribution in [-0.4, -0.2) is 211 Å². The minimum absolute atomic E-state index is 0. The third-order valence-electron chi connectivity index (χ3n) is 9.94. The van der Waals surface area contributed by atoms with Crippen molar-refractivity contribution in [3.63, 3.8) is 0 Å². The van der Waals surface area contributed by atoms with E-state index in [1.807, 2.05) is 0 Å². The van der Waals surface area contributed by atoms with E-state index < -0.39 is 149 Å². The van der Waals surface area contributed by atoms with Crippen molar-refractivity contribution < 1.29 is 273 Å². The summed E-state index contributed by atoms with van der Waals surface area (Å²) in [6.45, 7) is -3.01. The van der Waals surface area contributed by atoms with Crippen LogP contribution in [0.25, 0.3) is 0 Å². The van der Waals surface area contributed by atoms with E-state index in [0.717, 1.165) is 0 Å². The fourth-order valence-electron chi connectivity index (χ4n) is 6.32. The summed E-state index contributed by atoms with van der Waals surface area (Å²) in [6, 6.07) is 11.0. The summed E-state index contributed by atoms with van der Waals surface area (Å²) in [5, 5.41) is 164. The van der Waals surface area contributed by atoms with Crippen LogP contribution in [0.15, 0.2) is 48.5 Å². The monoisotopic (exact) mass is 1270 g/mol. The normalized spacial score (nSPS) is 30.0. The van der Waals surface area contributed by atoms with Gasteiger partial charge in [-0.05, 0) is 48.5 Å². The van der Waals surface area contributed by atoms with Crippen LogP contribution < -0.4 is 192 Å². The second kappa shape index (κ2) is 67.7.